The second kappa shape index (κ2) is 9.92. The van der Waals surface area contributed by atoms with E-state index in [1.54, 1.807) is 0 Å². The first-order chi connectivity index (χ1) is 8.51. The Morgan fingerprint density at radius 3 is 2.06 bits per heavy atom. The maximum Gasteiger partial charge on any atom is 0.306 e. The predicted octanol–water partition coefficient (Wildman–Crippen LogP) is 3.55. The molecule has 1 unspecified atom stereocenters. The van der Waals surface area contributed by atoms with Crippen LogP contribution in [0.15, 0.2) is 0 Å². The normalized spacial score (nSPS) is 12.6. The average Bonchev–Trinajstić information content (AvgIpc) is 2.32. The summed E-state index contributed by atoms with van der Waals surface area (Å²) in [6.07, 6.45) is 5.92. The quantitative estimate of drug-likeness (QED) is 0.556. The highest BCUT2D eigenvalue weighted by Crippen LogP contribution is 2.23. The van der Waals surface area contributed by atoms with E-state index < -0.39 is 11.9 Å². The summed E-state index contributed by atoms with van der Waals surface area (Å²) in [5.74, 6) is -1.26. The molecule has 0 aliphatic heterocycles. The molecule has 0 aliphatic carbocycles. The summed E-state index contributed by atoms with van der Waals surface area (Å²) >= 11 is 0. The first-order valence-electron chi connectivity index (χ1n) is 6.95. The average molecular weight is 258 g/mol. The Bertz CT molecular complexity index is 246. The topological polar surface area (TPSA) is 74.6 Å². The van der Waals surface area contributed by atoms with E-state index in [2.05, 4.69) is 13.8 Å². The zero-order valence-corrected chi connectivity index (χ0v) is 11.5. The first kappa shape index (κ1) is 16.9. The van der Waals surface area contributed by atoms with E-state index in [1.807, 2.05) is 0 Å². The van der Waals surface area contributed by atoms with Gasteiger partial charge in [0.2, 0.25) is 0 Å². The molecule has 0 aromatic heterocycles. The van der Waals surface area contributed by atoms with Gasteiger partial charge in [-0.25, -0.2) is 0 Å². The van der Waals surface area contributed by atoms with E-state index in [0.717, 1.165) is 32.1 Å². The molecule has 0 aliphatic rings. The molecule has 0 fully saturated rings. The van der Waals surface area contributed by atoms with Gasteiger partial charge in [0.15, 0.2) is 0 Å². The lowest BCUT2D eigenvalue weighted by molar-refractivity contribution is -0.143. The molecule has 106 valence electrons. The van der Waals surface area contributed by atoms with Crippen LogP contribution in [0.5, 0.6) is 0 Å². The van der Waals surface area contributed by atoms with Gasteiger partial charge in [0.25, 0.3) is 0 Å². The van der Waals surface area contributed by atoms with Gasteiger partial charge in [-0.2, -0.15) is 0 Å². The second-order valence-electron chi connectivity index (χ2n) is 4.95. The van der Waals surface area contributed by atoms with Crippen molar-refractivity contribution in [1.82, 2.24) is 0 Å². The lowest BCUT2D eigenvalue weighted by Crippen LogP contribution is -2.17. The van der Waals surface area contributed by atoms with Crippen LogP contribution in [0.4, 0.5) is 0 Å². The number of hydrogen-bond donors (Lipinski definition) is 2. The minimum Gasteiger partial charge on any atom is -0.481 e. The molecule has 1 atom stereocenters. The molecule has 0 heterocycles. The number of carboxylic acids is 2. The van der Waals surface area contributed by atoms with Crippen LogP contribution >= 0.6 is 0 Å². The molecular weight excluding hydrogens is 232 g/mol. The first-order valence-corrected chi connectivity index (χ1v) is 6.95. The van der Waals surface area contributed by atoms with Crippen molar-refractivity contribution in [2.24, 2.45) is 11.8 Å². The molecular formula is C14H26O4. The van der Waals surface area contributed by atoms with Crippen LogP contribution in [-0.4, -0.2) is 22.2 Å². The number of carboxylic acid groups (broad SMARTS) is 2. The molecule has 0 amide bonds. The van der Waals surface area contributed by atoms with Crippen LogP contribution in [0, 0.1) is 11.8 Å². The number of rotatable bonds is 11. The lowest BCUT2D eigenvalue weighted by atomic mass is 9.87. The standard InChI is InChI=1S/C14H26O4/c1-3-11(4-2)10-12(14(17)18)8-6-5-7-9-13(15)16/h11-12H,3-10H2,1-2H3,(H,15,16)(H,17,18). The maximum atomic E-state index is 11.1. The van der Waals surface area contributed by atoms with Crippen LogP contribution in [0.1, 0.15) is 65.2 Å². The molecule has 2 N–H and O–H groups in total. The highest BCUT2D eigenvalue weighted by atomic mass is 16.4. The molecule has 0 radical (unpaired) electrons. The zero-order chi connectivity index (χ0) is 14.0. The van der Waals surface area contributed by atoms with Crippen molar-refractivity contribution in [3.63, 3.8) is 0 Å². The lowest BCUT2D eigenvalue weighted by Gasteiger charge is -2.18. The predicted molar refractivity (Wildman–Crippen MR) is 70.5 cm³/mol. The van der Waals surface area contributed by atoms with Crippen molar-refractivity contribution in [3.05, 3.63) is 0 Å². The summed E-state index contributed by atoms with van der Waals surface area (Å²) < 4.78 is 0. The summed E-state index contributed by atoms with van der Waals surface area (Å²) in [4.78, 5) is 21.5. The van der Waals surface area contributed by atoms with Gasteiger partial charge in [0.05, 0.1) is 5.92 Å². The highest BCUT2D eigenvalue weighted by Gasteiger charge is 2.20. The summed E-state index contributed by atoms with van der Waals surface area (Å²) in [7, 11) is 0. The van der Waals surface area contributed by atoms with E-state index in [1.165, 1.54) is 0 Å². The smallest absolute Gasteiger partial charge is 0.306 e. The van der Waals surface area contributed by atoms with Gasteiger partial charge < -0.3 is 10.2 Å². The van der Waals surface area contributed by atoms with Crippen LogP contribution in [0.2, 0.25) is 0 Å². The number of carbonyl (C=O) groups is 2. The van der Waals surface area contributed by atoms with Crippen molar-refractivity contribution in [2.75, 3.05) is 0 Å². The number of unbranched alkanes of at least 4 members (excludes halogenated alkanes) is 2. The second-order valence-corrected chi connectivity index (χ2v) is 4.95. The third-order valence-corrected chi connectivity index (χ3v) is 3.57. The van der Waals surface area contributed by atoms with Gasteiger partial charge in [-0.1, -0.05) is 39.5 Å². The van der Waals surface area contributed by atoms with Gasteiger partial charge in [-0.3, -0.25) is 9.59 Å². The van der Waals surface area contributed by atoms with Crippen LogP contribution in [0.25, 0.3) is 0 Å². The number of aliphatic carboxylic acids is 2. The summed E-state index contributed by atoms with van der Waals surface area (Å²) in [5, 5.41) is 17.7. The van der Waals surface area contributed by atoms with Gasteiger partial charge >= 0.3 is 11.9 Å². The van der Waals surface area contributed by atoms with E-state index >= 15 is 0 Å². The number of hydrogen-bond acceptors (Lipinski definition) is 2. The van der Waals surface area contributed by atoms with Crippen molar-refractivity contribution in [1.29, 1.82) is 0 Å². The van der Waals surface area contributed by atoms with Crippen LogP contribution < -0.4 is 0 Å². The third-order valence-electron chi connectivity index (χ3n) is 3.57. The van der Waals surface area contributed by atoms with Crippen LogP contribution in [0.3, 0.4) is 0 Å². The van der Waals surface area contributed by atoms with Gasteiger partial charge in [-0.05, 0) is 25.2 Å². The molecule has 4 nitrogen and oxygen atoms in total. The monoisotopic (exact) mass is 258 g/mol. The SMILES string of the molecule is CCC(CC)CC(CCCCCC(=O)O)C(=O)O. The van der Waals surface area contributed by atoms with Crippen molar-refractivity contribution < 1.29 is 19.8 Å². The summed E-state index contributed by atoms with van der Waals surface area (Å²) in [5.41, 5.74) is 0. The van der Waals surface area contributed by atoms with Gasteiger partial charge in [-0.15, -0.1) is 0 Å². The van der Waals surface area contributed by atoms with E-state index in [0.29, 0.717) is 18.8 Å². The third kappa shape index (κ3) is 8.09. The minimum atomic E-state index is -0.776. The molecule has 0 saturated heterocycles. The molecule has 0 bridgehead atoms. The molecule has 0 rings (SSSR count). The van der Waals surface area contributed by atoms with E-state index in [4.69, 9.17) is 10.2 Å². The van der Waals surface area contributed by atoms with Gasteiger partial charge in [0.1, 0.15) is 0 Å². The highest BCUT2D eigenvalue weighted by molar-refractivity contribution is 5.69. The Morgan fingerprint density at radius 2 is 1.61 bits per heavy atom. The molecule has 0 aromatic carbocycles. The van der Waals surface area contributed by atoms with Crippen molar-refractivity contribution >= 4 is 11.9 Å². The Balaban J connectivity index is 3.90. The molecule has 4 heteroatoms. The van der Waals surface area contributed by atoms with E-state index in [9.17, 15) is 9.59 Å². The maximum absolute atomic E-state index is 11.1. The van der Waals surface area contributed by atoms with Crippen molar-refractivity contribution in [2.45, 2.75) is 65.2 Å². The Morgan fingerprint density at radius 1 is 1.00 bits per heavy atom. The van der Waals surface area contributed by atoms with Gasteiger partial charge in [0, 0.05) is 6.42 Å². The molecule has 0 spiro atoms. The largest absolute Gasteiger partial charge is 0.481 e. The molecule has 0 aromatic rings. The fourth-order valence-electron chi connectivity index (χ4n) is 2.21. The van der Waals surface area contributed by atoms with E-state index in [-0.39, 0.29) is 12.3 Å². The molecule has 0 saturated carbocycles. The fraction of sp³-hybridized carbons (Fsp3) is 0.857. The zero-order valence-electron chi connectivity index (χ0n) is 11.5. The Labute approximate surface area is 109 Å². The summed E-state index contributed by atoms with van der Waals surface area (Å²) in [6.45, 7) is 4.19. The fourth-order valence-corrected chi connectivity index (χ4v) is 2.21. The minimum absolute atomic E-state index is 0.185. The Hall–Kier alpha value is -1.06. The van der Waals surface area contributed by atoms with Crippen LogP contribution in [-0.2, 0) is 9.59 Å². The van der Waals surface area contributed by atoms with Crippen molar-refractivity contribution in [3.8, 4) is 0 Å². The Kier molecular flexibility index (Phi) is 9.33. The summed E-state index contributed by atoms with van der Waals surface area (Å²) in [6, 6.07) is 0. The molecule has 18 heavy (non-hydrogen) atoms.